The standard InChI is InChI=1S/C26H26ClFN2O4S/c1-26(2,15-16-6-4-3-5-7-16)30(20(24(29)33)10-13-23(31)32)25(34)22-12-11-21(35-22)17-8-9-19(28)18(27)14-17/h3-9,11-12,14,20H,10,13,15H2,1-2H3,(H2,29,33)(H,31,32)/t20-/m0/s1. The molecule has 0 saturated heterocycles. The largest absolute Gasteiger partial charge is 0.481 e. The Morgan fingerprint density at radius 3 is 2.40 bits per heavy atom. The third-order valence-corrected chi connectivity index (χ3v) is 7.06. The van der Waals surface area contributed by atoms with E-state index in [-0.39, 0.29) is 17.9 Å². The number of rotatable bonds is 10. The summed E-state index contributed by atoms with van der Waals surface area (Å²) in [4.78, 5) is 40.0. The van der Waals surface area contributed by atoms with Gasteiger partial charge in [0.2, 0.25) is 5.91 Å². The van der Waals surface area contributed by atoms with Gasteiger partial charge in [0, 0.05) is 16.8 Å². The Kier molecular flexibility index (Phi) is 8.30. The highest BCUT2D eigenvalue weighted by atomic mass is 35.5. The van der Waals surface area contributed by atoms with Crippen molar-refractivity contribution in [3.8, 4) is 10.4 Å². The van der Waals surface area contributed by atoms with Crippen molar-refractivity contribution in [3.63, 3.8) is 0 Å². The van der Waals surface area contributed by atoms with Gasteiger partial charge >= 0.3 is 5.97 Å². The van der Waals surface area contributed by atoms with Crippen LogP contribution in [-0.4, -0.2) is 39.4 Å². The number of primary amides is 1. The van der Waals surface area contributed by atoms with Gasteiger partial charge < -0.3 is 15.7 Å². The van der Waals surface area contributed by atoms with Crippen molar-refractivity contribution in [2.45, 2.75) is 44.7 Å². The van der Waals surface area contributed by atoms with Gasteiger partial charge in [0.1, 0.15) is 11.9 Å². The number of halogens is 2. The number of carboxylic acid groups (broad SMARTS) is 1. The Morgan fingerprint density at radius 1 is 1.11 bits per heavy atom. The maximum atomic E-state index is 13.8. The summed E-state index contributed by atoms with van der Waals surface area (Å²) in [7, 11) is 0. The van der Waals surface area contributed by atoms with E-state index in [1.54, 1.807) is 18.2 Å². The van der Waals surface area contributed by atoms with Crippen molar-refractivity contribution in [1.82, 2.24) is 4.90 Å². The number of nitrogens with zero attached hydrogens (tertiary/aromatic N) is 1. The van der Waals surface area contributed by atoms with Crippen LogP contribution in [0.5, 0.6) is 0 Å². The summed E-state index contributed by atoms with van der Waals surface area (Å²) in [6.07, 6.45) is -0.00870. The van der Waals surface area contributed by atoms with Crippen LogP contribution < -0.4 is 5.73 Å². The zero-order valence-corrected chi connectivity index (χ0v) is 20.9. The molecule has 0 aliphatic carbocycles. The molecule has 3 aromatic rings. The molecular formula is C26H26ClFN2O4S. The SMILES string of the molecule is CC(C)(Cc1ccccc1)N(C(=O)c1ccc(-c2ccc(F)c(Cl)c2)s1)[C@@H](CCC(=O)O)C(N)=O. The Labute approximate surface area is 212 Å². The summed E-state index contributed by atoms with van der Waals surface area (Å²) >= 11 is 7.08. The van der Waals surface area contributed by atoms with Crippen molar-refractivity contribution >= 4 is 40.7 Å². The van der Waals surface area contributed by atoms with Crippen LogP contribution in [0.4, 0.5) is 4.39 Å². The molecule has 0 saturated carbocycles. The fourth-order valence-electron chi connectivity index (χ4n) is 4.05. The molecule has 0 radical (unpaired) electrons. The lowest BCUT2D eigenvalue weighted by atomic mass is 9.90. The number of amides is 2. The average molecular weight is 517 g/mol. The van der Waals surface area contributed by atoms with E-state index in [4.69, 9.17) is 17.3 Å². The molecule has 1 heterocycles. The van der Waals surface area contributed by atoms with E-state index in [0.29, 0.717) is 21.7 Å². The molecule has 3 rings (SSSR count). The van der Waals surface area contributed by atoms with Crippen LogP contribution in [0.2, 0.25) is 5.02 Å². The van der Waals surface area contributed by atoms with Crippen LogP contribution in [0.1, 0.15) is 41.9 Å². The minimum atomic E-state index is -1.12. The van der Waals surface area contributed by atoms with E-state index in [1.165, 1.54) is 28.4 Å². The highest BCUT2D eigenvalue weighted by Crippen LogP contribution is 2.34. The van der Waals surface area contributed by atoms with Crippen molar-refractivity contribution < 1.29 is 23.9 Å². The topological polar surface area (TPSA) is 101 Å². The summed E-state index contributed by atoms with van der Waals surface area (Å²) in [5.41, 5.74) is 6.40. The smallest absolute Gasteiger partial charge is 0.303 e. The molecule has 35 heavy (non-hydrogen) atoms. The molecule has 0 aliphatic heterocycles. The minimum absolute atomic E-state index is 0.0307. The van der Waals surface area contributed by atoms with Crippen molar-refractivity contribution in [1.29, 1.82) is 0 Å². The lowest BCUT2D eigenvalue weighted by Crippen LogP contribution is -2.58. The Balaban J connectivity index is 2.01. The number of carbonyl (C=O) groups excluding carboxylic acids is 2. The first-order valence-electron chi connectivity index (χ1n) is 10.9. The number of hydrogen-bond donors (Lipinski definition) is 2. The lowest BCUT2D eigenvalue weighted by Gasteiger charge is -2.42. The Morgan fingerprint density at radius 2 is 1.80 bits per heavy atom. The van der Waals surface area contributed by atoms with Gasteiger partial charge in [-0.15, -0.1) is 11.3 Å². The summed E-state index contributed by atoms with van der Waals surface area (Å²) in [6.45, 7) is 3.64. The normalized spacial score (nSPS) is 12.2. The average Bonchev–Trinajstić information content (AvgIpc) is 3.28. The predicted molar refractivity (Wildman–Crippen MR) is 135 cm³/mol. The van der Waals surface area contributed by atoms with Gasteiger partial charge in [-0.3, -0.25) is 14.4 Å². The van der Waals surface area contributed by atoms with E-state index in [9.17, 15) is 23.9 Å². The third-order valence-electron chi connectivity index (χ3n) is 5.64. The molecule has 184 valence electrons. The van der Waals surface area contributed by atoms with E-state index in [0.717, 1.165) is 5.56 Å². The number of hydrogen-bond acceptors (Lipinski definition) is 4. The first kappa shape index (κ1) is 26.4. The molecule has 0 unspecified atom stereocenters. The van der Waals surface area contributed by atoms with E-state index in [1.807, 2.05) is 44.2 Å². The van der Waals surface area contributed by atoms with Gasteiger partial charge in [-0.2, -0.15) is 0 Å². The molecule has 1 atom stereocenters. The van der Waals surface area contributed by atoms with Gasteiger partial charge in [-0.1, -0.05) is 48.0 Å². The predicted octanol–water partition coefficient (Wildman–Crippen LogP) is 5.39. The molecule has 6 nitrogen and oxygen atoms in total. The van der Waals surface area contributed by atoms with Crippen molar-refractivity contribution in [2.75, 3.05) is 0 Å². The minimum Gasteiger partial charge on any atom is -0.481 e. The summed E-state index contributed by atoms with van der Waals surface area (Å²) in [6, 6.07) is 16.0. The molecular weight excluding hydrogens is 491 g/mol. The summed E-state index contributed by atoms with van der Waals surface area (Å²) < 4.78 is 13.6. The van der Waals surface area contributed by atoms with Gasteiger partial charge in [0.15, 0.2) is 0 Å². The van der Waals surface area contributed by atoms with E-state index < -0.39 is 35.2 Å². The van der Waals surface area contributed by atoms with Crippen molar-refractivity contribution in [3.05, 3.63) is 81.9 Å². The zero-order chi connectivity index (χ0) is 25.8. The molecule has 1 aromatic heterocycles. The number of carboxylic acids is 1. The fourth-order valence-corrected chi connectivity index (χ4v) is 5.17. The van der Waals surface area contributed by atoms with Gasteiger partial charge in [-0.25, -0.2) is 4.39 Å². The molecule has 2 aromatic carbocycles. The molecule has 3 N–H and O–H groups in total. The maximum absolute atomic E-state index is 13.8. The number of carbonyl (C=O) groups is 3. The number of nitrogens with two attached hydrogens (primary N) is 1. The van der Waals surface area contributed by atoms with Gasteiger partial charge in [-0.05, 0) is 62.1 Å². The summed E-state index contributed by atoms with van der Waals surface area (Å²) in [5, 5.41) is 9.17. The lowest BCUT2D eigenvalue weighted by molar-refractivity contribution is -0.137. The molecule has 0 bridgehead atoms. The van der Waals surface area contributed by atoms with Crippen molar-refractivity contribution in [2.24, 2.45) is 5.73 Å². The Bertz CT molecular complexity index is 1230. The zero-order valence-electron chi connectivity index (χ0n) is 19.3. The highest BCUT2D eigenvalue weighted by molar-refractivity contribution is 7.17. The number of thiophene rings is 1. The molecule has 9 heteroatoms. The van der Waals surface area contributed by atoms with Crippen LogP contribution >= 0.6 is 22.9 Å². The van der Waals surface area contributed by atoms with E-state index in [2.05, 4.69) is 0 Å². The molecule has 0 spiro atoms. The molecule has 0 fully saturated rings. The van der Waals surface area contributed by atoms with Crippen LogP contribution in [0.25, 0.3) is 10.4 Å². The van der Waals surface area contributed by atoms with Crippen LogP contribution in [-0.2, 0) is 16.0 Å². The first-order chi connectivity index (χ1) is 16.5. The van der Waals surface area contributed by atoms with Crippen LogP contribution in [0, 0.1) is 5.82 Å². The fraction of sp³-hybridized carbons (Fsp3) is 0.269. The second-order valence-corrected chi connectivity index (χ2v) is 10.3. The number of benzene rings is 2. The monoisotopic (exact) mass is 516 g/mol. The second kappa shape index (κ2) is 11.0. The van der Waals surface area contributed by atoms with Gasteiger partial charge in [0.05, 0.1) is 9.90 Å². The molecule has 2 amide bonds. The third kappa shape index (κ3) is 6.46. The first-order valence-corrected chi connectivity index (χ1v) is 12.1. The maximum Gasteiger partial charge on any atom is 0.303 e. The molecule has 0 aliphatic rings. The second-order valence-electron chi connectivity index (χ2n) is 8.79. The van der Waals surface area contributed by atoms with Crippen LogP contribution in [0.3, 0.4) is 0 Å². The van der Waals surface area contributed by atoms with Crippen LogP contribution in [0.15, 0.2) is 60.7 Å². The van der Waals surface area contributed by atoms with Gasteiger partial charge in [0.25, 0.3) is 5.91 Å². The quantitative estimate of drug-likeness (QED) is 0.377. The highest BCUT2D eigenvalue weighted by Gasteiger charge is 2.40. The number of aliphatic carboxylic acids is 1. The Hall–Kier alpha value is -3.23. The van der Waals surface area contributed by atoms with E-state index >= 15 is 0 Å². The summed E-state index contributed by atoms with van der Waals surface area (Å²) in [5.74, 6) is -2.84.